The highest BCUT2D eigenvalue weighted by Gasteiger charge is 2.16. The van der Waals surface area contributed by atoms with Crippen LogP contribution in [0.15, 0.2) is 23.6 Å². The molecule has 7 heteroatoms. The van der Waals surface area contributed by atoms with E-state index < -0.39 is 11.7 Å². The Morgan fingerprint density at radius 2 is 1.85 bits per heavy atom. The molecule has 26 heavy (non-hydrogen) atoms. The predicted molar refractivity (Wildman–Crippen MR) is 104 cm³/mol. The minimum absolute atomic E-state index is 0.261. The Kier molecular flexibility index (Phi) is 6.37. The molecule has 2 amide bonds. The second-order valence-electron chi connectivity index (χ2n) is 7.04. The number of carbonyl (C=O) groups excluding carboxylic acids is 2. The van der Waals surface area contributed by atoms with E-state index in [1.807, 2.05) is 26.0 Å². The number of hydrogen-bond acceptors (Lipinski definition) is 5. The number of ether oxygens (including phenoxy) is 1. The van der Waals surface area contributed by atoms with Crippen LogP contribution in [0.3, 0.4) is 0 Å². The summed E-state index contributed by atoms with van der Waals surface area (Å²) in [7, 11) is 0. The molecule has 2 aromatic rings. The van der Waals surface area contributed by atoms with Gasteiger partial charge in [0.05, 0.1) is 0 Å². The minimum atomic E-state index is -0.543. The fraction of sp³-hybridized carbons (Fsp3) is 0.421. The number of rotatable bonds is 5. The van der Waals surface area contributed by atoms with Gasteiger partial charge in [-0.25, -0.2) is 9.78 Å². The summed E-state index contributed by atoms with van der Waals surface area (Å²) < 4.78 is 5.13. The van der Waals surface area contributed by atoms with Crippen LogP contribution in [-0.2, 0) is 4.74 Å². The Morgan fingerprint density at radius 1 is 1.15 bits per heavy atom. The maximum atomic E-state index is 12.2. The van der Waals surface area contributed by atoms with Gasteiger partial charge >= 0.3 is 6.09 Å². The number of nitrogens with one attached hydrogen (secondary N) is 2. The summed E-state index contributed by atoms with van der Waals surface area (Å²) in [5.74, 6) is -0.261. The molecule has 2 N–H and O–H groups in total. The van der Waals surface area contributed by atoms with E-state index in [1.54, 1.807) is 26.2 Å². The topological polar surface area (TPSA) is 80.3 Å². The Hall–Kier alpha value is -2.41. The summed E-state index contributed by atoms with van der Waals surface area (Å²) in [6.07, 6.45) is -0.502. The maximum absolute atomic E-state index is 12.2. The molecular formula is C19H25N3O3S. The SMILES string of the molecule is Cc1ccc(-c2nc(C(=O)NCCNC(=O)OC(C)(C)C)cs2)c(C)c1. The van der Waals surface area contributed by atoms with Crippen LogP contribution in [0.5, 0.6) is 0 Å². The summed E-state index contributed by atoms with van der Waals surface area (Å²) in [4.78, 5) is 28.2. The summed E-state index contributed by atoms with van der Waals surface area (Å²) in [6, 6.07) is 6.15. The second-order valence-corrected chi connectivity index (χ2v) is 7.90. The Bertz CT molecular complexity index is 794. The molecule has 0 spiro atoms. The molecule has 0 aliphatic heterocycles. The van der Waals surface area contributed by atoms with E-state index in [4.69, 9.17) is 4.74 Å². The third-order valence-corrected chi connectivity index (χ3v) is 4.30. The van der Waals surface area contributed by atoms with Gasteiger partial charge in [0.25, 0.3) is 5.91 Å². The largest absolute Gasteiger partial charge is 0.444 e. The van der Waals surface area contributed by atoms with Gasteiger partial charge in [-0.2, -0.15) is 0 Å². The van der Waals surface area contributed by atoms with Crippen molar-refractivity contribution in [1.29, 1.82) is 0 Å². The number of aromatic nitrogens is 1. The Balaban J connectivity index is 1.85. The van der Waals surface area contributed by atoms with Gasteiger partial charge in [0.2, 0.25) is 0 Å². The first kappa shape index (κ1) is 19.9. The van der Waals surface area contributed by atoms with E-state index in [1.165, 1.54) is 16.9 Å². The first-order valence-electron chi connectivity index (χ1n) is 8.44. The molecule has 0 radical (unpaired) electrons. The summed E-state index contributed by atoms with van der Waals surface area (Å²) in [6.45, 7) is 10.1. The third kappa shape index (κ3) is 5.84. The molecule has 0 atom stereocenters. The quantitative estimate of drug-likeness (QED) is 0.781. The number of benzene rings is 1. The van der Waals surface area contributed by atoms with Gasteiger partial charge in [-0.1, -0.05) is 23.8 Å². The van der Waals surface area contributed by atoms with Gasteiger partial charge in [0, 0.05) is 24.0 Å². The Morgan fingerprint density at radius 3 is 2.50 bits per heavy atom. The van der Waals surface area contributed by atoms with Gasteiger partial charge in [0.15, 0.2) is 0 Å². The molecular weight excluding hydrogens is 350 g/mol. The molecule has 0 fully saturated rings. The van der Waals surface area contributed by atoms with Gasteiger partial charge in [0.1, 0.15) is 16.3 Å². The van der Waals surface area contributed by atoms with Crippen LogP contribution in [0.1, 0.15) is 42.4 Å². The third-order valence-electron chi connectivity index (χ3n) is 3.43. The maximum Gasteiger partial charge on any atom is 0.407 e. The minimum Gasteiger partial charge on any atom is -0.444 e. The van der Waals surface area contributed by atoms with E-state index in [0.29, 0.717) is 12.2 Å². The lowest BCUT2D eigenvalue weighted by atomic mass is 10.1. The molecule has 0 aliphatic carbocycles. The van der Waals surface area contributed by atoms with Crippen LogP contribution in [-0.4, -0.2) is 35.7 Å². The fourth-order valence-electron chi connectivity index (χ4n) is 2.30. The smallest absolute Gasteiger partial charge is 0.407 e. The number of aryl methyl sites for hydroxylation is 2. The molecule has 2 rings (SSSR count). The summed E-state index contributed by atoms with van der Waals surface area (Å²) in [5.41, 5.74) is 3.19. The average Bonchev–Trinajstić information content (AvgIpc) is 2.99. The van der Waals surface area contributed by atoms with Crippen molar-refractivity contribution in [2.45, 2.75) is 40.2 Å². The highest BCUT2D eigenvalue weighted by molar-refractivity contribution is 7.13. The van der Waals surface area contributed by atoms with Crippen molar-refractivity contribution in [3.05, 3.63) is 40.4 Å². The van der Waals surface area contributed by atoms with Gasteiger partial charge in [-0.15, -0.1) is 11.3 Å². The molecule has 1 aromatic heterocycles. The lowest BCUT2D eigenvalue weighted by Gasteiger charge is -2.19. The molecule has 6 nitrogen and oxygen atoms in total. The molecule has 0 saturated carbocycles. The van der Waals surface area contributed by atoms with Crippen molar-refractivity contribution in [3.8, 4) is 10.6 Å². The van der Waals surface area contributed by atoms with Gasteiger partial charge in [-0.3, -0.25) is 4.79 Å². The molecule has 1 aromatic carbocycles. The van der Waals surface area contributed by atoms with Crippen LogP contribution in [0, 0.1) is 13.8 Å². The van der Waals surface area contributed by atoms with Crippen molar-refractivity contribution in [2.24, 2.45) is 0 Å². The van der Waals surface area contributed by atoms with E-state index in [-0.39, 0.29) is 12.5 Å². The number of amides is 2. The number of alkyl carbamates (subject to hydrolysis) is 1. The molecule has 0 unspecified atom stereocenters. The lowest BCUT2D eigenvalue weighted by molar-refractivity contribution is 0.0526. The number of hydrogen-bond donors (Lipinski definition) is 2. The van der Waals surface area contributed by atoms with Gasteiger partial charge in [-0.05, 0) is 40.2 Å². The van der Waals surface area contributed by atoms with Crippen molar-refractivity contribution >= 4 is 23.3 Å². The van der Waals surface area contributed by atoms with Crippen molar-refractivity contribution in [3.63, 3.8) is 0 Å². The number of carbonyl (C=O) groups is 2. The summed E-state index contributed by atoms with van der Waals surface area (Å²) >= 11 is 1.44. The Labute approximate surface area is 158 Å². The fourth-order valence-corrected chi connectivity index (χ4v) is 3.19. The zero-order valence-electron chi connectivity index (χ0n) is 15.8. The summed E-state index contributed by atoms with van der Waals surface area (Å²) in [5, 5.41) is 7.90. The zero-order chi connectivity index (χ0) is 19.3. The predicted octanol–water partition coefficient (Wildman–Crippen LogP) is 3.68. The van der Waals surface area contributed by atoms with E-state index >= 15 is 0 Å². The van der Waals surface area contributed by atoms with E-state index in [0.717, 1.165) is 16.1 Å². The second kappa shape index (κ2) is 8.31. The van der Waals surface area contributed by atoms with E-state index in [9.17, 15) is 9.59 Å². The van der Waals surface area contributed by atoms with Crippen molar-refractivity contribution in [2.75, 3.05) is 13.1 Å². The average molecular weight is 375 g/mol. The molecule has 0 saturated heterocycles. The van der Waals surface area contributed by atoms with Gasteiger partial charge < -0.3 is 15.4 Å². The van der Waals surface area contributed by atoms with Crippen LogP contribution < -0.4 is 10.6 Å². The first-order chi connectivity index (χ1) is 12.2. The lowest BCUT2D eigenvalue weighted by Crippen LogP contribution is -2.37. The molecule has 0 aliphatic rings. The van der Waals surface area contributed by atoms with Crippen LogP contribution in [0.2, 0.25) is 0 Å². The monoisotopic (exact) mass is 375 g/mol. The highest BCUT2D eigenvalue weighted by atomic mass is 32.1. The van der Waals surface area contributed by atoms with Crippen LogP contribution >= 0.6 is 11.3 Å². The standard InChI is InChI=1S/C19H25N3O3S/c1-12-6-7-14(13(2)10-12)17-22-15(11-26-17)16(23)20-8-9-21-18(24)25-19(3,4)5/h6-7,10-11H,8-9H2,1-5H3,(H,20,23)(H,21,24). The highest BCUT2D eigenvalue weighted by Crippen LogP contribution is 2.27. The molecule has 1 heterocycles. The van der Waals surface area contributed by atoms with Crippen LogP contribution in [0.4, 0.5) is 4.79 Å². The van der Waals surface area contributed by atoms with Crippen LogP contribution in [0.25, 0.3) is 10.6 Å². The normalized spacial score (nSPS) is 11.1. The van der Waals surface area contributed by atoms with E-state index in [2.05, 4.69) is 21.7 Å². The van der Waals surface area contributed by atoms with Crippen molar-refractivity contribution in [1.82, 2.24) is 15.6 Å². The molecule has 0 bridgehead atoms. The number of thiazole rings is 1. The van der Waals surface area contributed by atoms with Crippen molar-refractivity contribution < 1.29 is 14.3 Å². The number of nitrogens with zero attached hydrogens (tertiary/aromatic N) is 1. The zero-order valence-corrected chi connectivity index (χ0v) is 16.6. The first-order valence-corrected chi connectivity index (χ1v) is 9.32. The molecule has 140 valence electrons.